The van der Waals surface area contributed by atoms with E-state index in [1.165, 1.54) is 23.7 Å². The molecule has 5 rings (SSSR count). The summed E-state index contributed by atoms with van der Waals surface area (Å²) in [6, 6.07) is 7.95. The summed E-state index contributed by atoms with van der Waals surface area (Å²) >= 11 is 1.27. The Morgan fingerprint density at radius 1 is 1.20 bits per heavy atom. The normalized spacial score (nSPS) is 16.8. The second kappa shape index (κ2) is 7.17. The van der Waals surface area contributed by atoms with Crippen LogP contribution in [-0.2, 0) is 4.79 Å². The standard InChI is InChI=1S/C21H17FN2O5S/c1-26-14-7-12(18(27-2)20-19(14)28-9-29-20)13-8-15(25)23-17-16(24-30-21(13)17)10-4-3-5-11(22)6-10/h3-7,13H,8-9H2,1-2H3,(H,23,25). The van der Waals surface area contributed by atoms with Gasteiger partial charge in [0.1, 0.15) is 11.5 Å². The van der Waals surface area contributed by atoms with Crippen LogP contribution >= 0.6 is 11.5 Å². The van der Waals surface area contributed by atoms with Gasteiger partial charge in [-0.25, -0.2) is 4.39 Å². The van der Waals surface area contributed by atoms with E-state index in [0.29, 0.717) is 39.9 Å². The number of amides is 1. The van der Waals surface area contributed by atoms with Gasteiger partial charge >= 0.3 is 0 Å². The minimum Gasteiger partial charge on any atom is -0.493 e. The van der Waals surface area contributed by atoms with Gasteiger partial charge in [0.15, 0.2) is 11.5 Å². The van der Waals surface area contributed by atoms with Gasteiger partial charge in [0.2, 0.25) is 24.2 Å². The molecule has 0 saturated carbocycles. The van der Waals surface area contributed by atoms with Gasteiger partial charge < -0.3 is 24.3 Å². The van der Waals surface area contributed by atoms with Crippen LogP contribution in [0.4, 0.5) is 10.1 Å². The molecule has 0 aliphatic carbocycles. The van der Waals surface area contributed by atoms with E-state index in [0.717, 1.165) is 10.4 Å². The maximum Gasteiger partial charge on any atom is 0.231 e. The van der Waals surface area contributed by atoms with Gasteiger partial charge in [-0.2, -0.15) is 4.37 Å². The lowest BCUT2D eigenvalue weighted by Crippen LogP contribution is -2.23. The number of methoxy groups -OCH3 is 2. The van der Waals surface area contributed by atoms with E-state index in [2.05, 4.69) is 9.69 Å². The molecule has 30 heavy (non-hydrogen) atoms. The number of carbonyl (C=O) groups excluding carboxylic acids is 1. The fraction of sp³-hybridized carbons (Fsp3) is 0.238. The number of aromatic nitrogens is 1. The van der Waals surface area contributed by atoms with Gasteiger partial charge in [-0.1, -0.05) is 12.1 Å². The number of nitrogens with zero attached hydrogens (tertiary/aromatic N) is 1. The quantitative estimate of drug-likeness (QED) is 0.672. The van der Waals surface area contributed by atoms with E-state index >= 15 is 0 Å². The first-order chi connectivity index (χ1) is 14.6. The lowest BCUT2D eigenvalue weighted by atomic mass is 9.88. The van der Waals surface area contributed by atoms with Crippen molar-refractivity contribution >= 4 is 23.1 Å². The maximum absolute atomic E-state index is 13.8. The van der Waals surface area contributed by atoms with Gasteiger partial charge in [-0.05, 0) is 29.7 Å². The number of ether oxygens (including phenoxy) is 4. The largest absolute Gasteiger partial charge is 0.493 e. The van der Waals surface area contributed by atoms with Crippen molar-refractivity contribution < 1.29 is 28.1 Å². The first-order valence-corrected chi connectivity index (χ1v) is 9.98. The van der Waals surface area contributed by atoms with E-state index in [-0.39, 0.29) is 30.9 Å². The molecule has 9 heteroatoms. The maximum atomic E-state index is 13.8. The molecular weight excluding hydrogens is 411 g/mol. The number of hydrogen-bond donors (Lipinski definition) is 1. The molecule has 0 fully saturated rings. The van der Waals surface area contributed by atoms with E-state index < -0.39 is 0 Å². The van der Waals surface area contributed by atoms with Crippen molar-refractivity contribution in [3.8, 4) is 34.3 Å². The molecule has 0 saturated heterocycles. The monoisotopic (exact) mass is 428 g/mol. The Kier molecular flexibility index (Phi) is 4.47. The van der Waals surface area contributed by atoms with Crippen molar-refractivity contribution in [3.63, 3.8) is 0 Å². The summed E-state index contributed by atoms with van der Waals surface area (Å²) in [6.45, 7) is 0.0617. The molecule has 0 bridgehead atoms. The molecule has 154 valence electrons. The Morgan fingerprint density at radius 2 is 2.03 bits per heavy atom. The Balaban J connectivity index is 1.68. The van der Waals surface area contributed by atoms with E-state index in [4.69, 9.17) is 18.9 Å². The second-order valence-electron chi connectivity index (χ2n) is 6.85. The number of halogens is 1. The van der Waals surface area contributed by atoms with E-state index in [1.54, 1.807) is 32.4 Å². The van der Waals surface area contributed by atoms with Crippen molar-refractivity contribution in [1.29, 1.82) is 0 Å². The number of carbonyl (C=O) groups is 1. The van der Waals surface area contributed by atoms with E-state index in [1.807, 2.05) is 0 Å². The molecule has 1 N–H and O–H groups in total. The molecule has 2 aromatic carbocycles. The van der Waals surface area contributed by atoms with Crippen LogP contribution in [-0.4, -0.2) is 31.3 Å². The van der Waals surface area contributed by atoms with Crippen LogP contribution in [0.5, 0.6) is 23.0 Å². The van der Waals surface area contributed by atoms with Crippen LogP contribution < -0.4 is 24.3 Å². The Morgan fingerprint density at radius 3 is 2.80 bits per heavy atom. The summed E-state index contributed by atoms with van der Waals surface area (Å²) in [6.07, 6.45) is 0.205. The van der Waals surface area contributed by atoms with Crippen LogP contribution in [0.15, 0.2) is 30.3 Å². The summed E-state index contributed by atoms with van der Waals surface area (Å²) in [4.78, 5) is 13.5. The van der Waals surface area contributed by atoms with Crippen LogP contribution in [0.25, 0.3) is 11.3 Å². The molecule has 1 aromatic heterocycles. The molecule has 3 heterocycles. The highest BCUT2D eigenvalue weighted by molar-refractivity contribution is 7.07. The fourth-order valence-corrected chi connectivity index (χ4v) is 4.83. The smallest absolute Gasteiger partial charge is 0.231 e. The summed E-state index contributed by atoms with van der Waals surface area (Å²) in [7, 11) is 3.09. The predicted molar refractivity (Wildman–Crippen MR) is 108 cm³/mol. The van der Waals surface area contributed by atoms with Crippen molar-refractivity contribution in [1.82, 2.24) is 4.37 Å². The zero-order valence-electron chi connectivity index (χ0n) is 16.2. The van der Waals surface area contributed by atoms with Crippen molar-refractivity contribution in [3.05, 3.63) is 46.6 Å². The number of hydrogen-bond acceptors (Lipinski definition) is 7. The molecule has 1 unspecified atom stereocenters. The Labute approximate surface area is 175 Å². The number of benzene rings is 2. The molecule has 0 spiro atoms. The lowest BCUT2D eigenvalue weighted by molar-refractivity contribution is -0.116. The average Bonchev–Trinajstić information content (AvgIpc) is 3.39. The van der Waals surface area contributed by atoms with Gasteiger partial charge in [0.05, 0.1) is 24.8 Å². The summed E-state index contributed by atoms with van der Waals surface area (Å²) in [5, 5.41) is 2.90. The van der Waals surface area contributed by atoms with Crippen LogP contribution in [0, 0.1) is 5.82 Å². The molecule has 1 amide bonds. The minimum absolute atomic E-state index is 0.0617. The predicted octanol–water partition coefficient (Wildman–Crippen LogP) is 4.17. The van der Waals surface area contributed by atoms with E-state index in [9.17, 15) is 9.18 Å². The molecule has 2 aliphatic heterocycles. The summed E-state index contributed by atoms with van der Waals surface area (Å²) in [5.74, 6) is 1.07. The first kappa shape index (κ1) is 18.7. The fourth-order valence-electron chi connectivity index (χ4n) is 3.87. The third kappa shape index (κ3) is 2.85. The molecule has 0 radical (unpaired) electrons. The van der Waals surface area contributed by atoms with Crippen LogP contribution in [0.2, 0.25) is 0 Å². The average molecular weight is 428 g/mol. The first-order valence-electron chi connectivity index (χ1n) is 9.20. The topological polar surface area (TPSA) is 78.9 Å². The molecule has 1 atom stereocenters. The number of rotatable bonds is 4. The Bertz CT molecular complexity index is 1160. The Hall–Kier alpha value is -3.33. The highest BCUT2D eigenvalue weighted by atomic mass is 32.1. The second-order valence-corrected chi connectivity index (χ2v) is 7.66. The molecular formula is C21H17FN2O5S. The minimum atomic E-state index is -0.366. The van der Waals surface area contributed by atoms with Gasteiger partial charge in [0, 0.05) is 23.5 Å². The lowest BCUT2D eigenvalue weighted by Gasteiger charge is -2.25. The summed E-state index contributed by atoms with van der Waals surface area (Å²) in [5.41, 5.74) is 2.47. The zero-order valence-corrected chi connectivity index (χ0v) is 17.0. The highest BCUT2D eigenvalue weighted by Gasteiger charge is 2.37. The van der Waals surface area contributed by atoms with Crippen LogP contribution in [0.1, 0.15) is 22.8 Å². The zero-order chi connectivity index (χ0) is 20.8. The van der Waals surface area contributed by atoms with Crippen molar-refractivity contribution in [2.45, 2.75) is 12.3 Å². The number of nitrogens with one attached hydrogen (secondary N) is 1. The van der Waals surface area contributed by atoms with Gasteiger partial charge in [-0.15, -0.1) is 0 Å². The highest BCUT2D eigenvalue weighted by Crippen LogP contribution is 2.55. The van der Waals surface area contributed by atoms with Gasteiger partial charge in [0.25, 0.3) is 0 Å². The third-order valence-electron chi connectivity index (χ3n) is 5.18. The molecule has 3 aromatic rings. The van der Waals surface area contributed by atoms with Crippen molar-refractivity contribution in [2.75, 3.05) is 26.3 Å². The molecule has 2 aliphatic rings. The SMILES string of the molecule is COc1cc(C2CC(=O)Nc3c(-c4cccc(F)c4)nsc32)c(OC)c2c1OCO2. The van der Waals surface area contributed by atoms with Gasteiger partial charge in [-0.3, -0.25) is 4.79 Å². The number of anilines is 1. The molecule has 7 nitrogen and oxygen atoms in total. The number of fused-ring (bicyclic) bond motifs is 2. The summed E-state index contributed by atoms with van der Waals surface area (Å²) < 4.78 is 40.5. The van der Waals surface area contributed by atoms with Crippen molar-refractivity contribution in [2.24, 2.45) is 0 Å². The van der Waals surface area contributed by atoms with Crippen LogP contribution in [0.3, 0.4) is 0 Å². The third-order valence-corrected chi connectivity index (χ3v) is 6.14.